The lowest BCUT2D eigenvalue weighted by Crippen LogP contribution is -2.21. The predicted molar refractivity (Wildman–Crippen MR) is 121 cm³/mol. The summed E-state index contributed by atoms with van der Waals surface area (Å²) in [5, 5.41) is 6.63. The van der Waals surface area contributed by atoms with E-state index in [1.807, 2.05) is 24.3 Å². The third-order valence-electron chi connectivity index (χ3n) is 4.64. The lowest BCUT2D eigenvalue weighted by Gasteiger charge is -2.13. The molecule has 1 amide bonds. The van der Waals surface area contributed by atoms with Crippen molar-refractivity contribution in [1.82, 2.24) is 9.97 Å². The number of amides is 1. The Morgan fingerprint density at radius 1 is 0.875 bits per heavy atom. The maximum atomic E-state index is 12.7. The van der Waals surface area contributed by atoms with Crippen LogP contribution in [0.2, 0.25) is 0 Å². The molecule has 0 spiro atoms. The number of nitrogens with zero attached hydrogens (tertiary/aromatic N) is 2. The van der Waals surface area contributed by atoms with Crippen molar-refractivity contribution in [3.63, 3.8) is 0 Å². The number of pyridine rings is 2. The molecule has 0 aliphatic heterocycles. The SMILES string of the molecule is COc1ccccc1Nc1ncccc1C(=O)OCC(=O)Nc1cccc2ncccc12. The number of rotatable bonds is 7. The number of para-hydroxylation sites is 2. The smallest absolute Gasteiger partial charge is 0.342 e. The van der Waals surface area contributed by atoms with Gasteiger partial charge in [0.25, 0.3) is 5.91 Å². The molecule has 8 heteroatoms. The van der Waals surface area contributed by atoms with Gasteiger partial charge in [-0.1, -0.05) is 18.2 Å². The Balaban J connectivity index is 1.44. The first-order chi connectivity index (χ1) is 15.7. The van der Waals surface area contributed by atoms with Crippen LogP contribution in [-0.2, 0) is 9.53 Å². The van der Waals surface area contributed by atoms with Gasteiger partial charge in [-0.15, -0.1) is 0 Å². The summed E-state index contributed by atoms with van der Waals surface area (Å²) >= 11 is 0. The molecule has 2 aromatic heterocycles. The molecule has 4 aromatic rings. The molecule has 0 saturated heterocycles. The Kier molecular flexibility index (Phi) is 6.22. The van der Waals surface area contributed by atoms with E-state index in [-0.39, 0.29) is 5.56 Å². The molecule has 32 heavy (non-hydrogen) atoms. The van der Waals surface area contributed by atoms with E-state index in [1.54, 1.807) is 62.0 Å². The largest absolute Gasteiger partial charge is 0.495 e. The normalized spacial score (nSPS) is 10.4. The van der Waals surface area contributed by atoms with Gasteiger partial charge < -0.3 is 20.1 Å². The van der Waals surface area contributed by atoms with E-state index in [2.05, 4.69) is 20.6 Å². The van der Waals surface area contributed by atoms with E-state index in [9.17, 15) is 9.59 Å². The van der Waals surface area contributed by atoms with E-state index in [4.69, 9.17) is 9.47 Å². The Labute approximate surface area is 184 Å². The molecule has 0 radical (unpaired) electrons. The zero-order valence-electron chi connectivity index (χ0n) is 17.2. The summed E-state index contributed by atoms with van der Waals surface area (Å²) in [5.74, 6) is -0.243. The van der Waals surface area contributed by atoms with Crippen molar-refractivity contribution in [3.8, 4) is 5.75 Å². The number of carbonyl (C=O) groups excluding carboxylic acids is 2. The number of nitrogens with one attached hydrogen (secondary N) is 2. The second-order valence-electron chi connectivity index (χ2n) is 6.72. The number of methoxy groups -OCH3 is 1. The van der Waals surface area contributed by atoms with Crippen LogP contribution < -0.4 is 15.4 Å². The Bertz CT molecular complexity index is 1270. The van der Waals surface area contributed by atoms with Gasteiger partial charge in [-0.2, -0.15) is 0 Å². The Hall–Kier alpha value is -4.46. The molecular formula is C24H20N4O4. The zero-order chi connectivity index (χ0) is 22.3. The lowest BCUT2D eigenvalue weighted by atomic mass is 10.2. The van der Waals surface area contributed by atoms with Crippen LogP contribution in [0.15, 0.2) is 79.1 Å². The zero-order valence-corrected chi connectivity index (χ0v) is 17.2. The van der Waals surface area contributed by atoms with Crippen LogP contribution in [0.5, 0.6) is 5.75 Å². The highest BCUT2D eigenvalue weighted by molar-refractivity contribution is 6.02. The van der Waals surface area contributed by atoms with Crippen molar-refractivity contribution >= 4 is 40.0 Å². The number of anilines is 3. The first-order valence-corrected chi connectivity index (χ1v) is 9.81. The molecular weight excluding hydrogens is 408 g/mol. The first kappa shape index (κ1) is 20.8. The second-order valence-corrected chi connectivity index (χ2v) is 6.72. The number of benzene rings is 2. The fourth-order valence-electron chi connectivity index (χ4n) is 3.15. The molecule has 0 saturated carbocycles. The van der Waals surface area contributed by atoms with Crippen LogP contribution in [0, 0.1) is 0 Å². The Morgan fingerprint density at radius 3 is 2.53 bits per heavy atom. The molecule has 0 aliphatic rings. The maximum absolute atomic E-state index is 12.7. The number of fused-ring (bicyclic) bond motifs is 1. The highest BCUT2D eigenvalue weighted by Crippen LogP contribution is 2.28. The predicted octanol–water partition coefficient (Wildman–Crippen LogP) is 4.18. The summed E-state index contributed by atoms with van der Waals surface area (Å²) in [4.78, 5) is 33.5. The van der Waals surface area contributed by atoms with Crippen molar-refractivity contribution in [1.29, 1.82) is 0 Å². The van der Waals surface area contributed by atoms with Gasteiger partial charge in [0.05, 0.1) is 24.0 Å². The van der Waals surface area contributed by atoms with Crippen LogP contribution >= 0.6 is 0 Å². The summed E-state index contributed by atoms with van der Waals surface area (Å²) < 4.78 is 10.6. The third kappa shape index (κ3) is 4.65. The van der Waals surface area contributed by atoms with Gasteiger partial charge in [-0.25, -0.2) is 9.78 Å². The average molecular weight is 428 g/mol. The standard InChI is InChI=1S/C24H20N4O4/c1-31-21-12-3-2-9-20(21)28-23-17(8-6-14-26-23)24(30)32-15-22(29)27-19-11-4-10-18-16(19)7-5-13-25-18/h2-14H,15H2,1H3,(H,26,28)(H,27,29). The molecule has 0 bridgehead atoms. The minimum atomic E-state index is -0.676. The molecule has 160 valence electrons. The number of ether oxygens (including phenoxy) is 2. The molecule has 2 N–H and O–H groups in total. The summed E-state index contributed by atoms with van der Waals surface area (Å²) in [6.45, 7) is -0.446. The van der Waals surface area contributed by atoms with Gasteiger partial charge in [-0.05, 0) is 48.5 Å². The van der Waals surface area contributed by atoms with Crippen molar-refractivity contribution in [2.45, 2.75) is 0 Å². The molecule has 0 fully saturated rings. The summed E-state index contributed by atoms with van der Waals surface area (Å²) in [6.07, 6.45) is 3.23. The summed E-state index contributed by atoms with van der Waals surface area (Å²) in [6, 6.07) is 19.5. The molecule has 0 unspecified atom stereocenters. The van der Waals surface area contributed by atoms with Gasteiger partial charge in [0.1, 0.15) is 17.1 Å². The van der Waals surface area contributed by atoms with Gasteiger partial charge in [-0.3, -0.25) is 9.78 Å². The van der Waals surface area contributed by atoms with Crippen molar-refractivity contribution in [2.75, 3.05) is 24.4 Å². The molecule has 0 atom stereocenters. The first-order valence-electron chi connectivity index (χ1n) is 9.81. The van der Waals surface area contributed by atoms with E-state index in [0.717, 1.165) is 10.9 Å². The highest BCUT2D eigenvalue weighted by Gasteiger charge is 2.17. The van der Waals surface area contributed by atoms with Crippen LogP contribution in [0.4, 0.5) is 17.2 Å². The maximum Gasteiger partial charge on any atom is 0.342 e. The number of aromatic nitrogens is 2. The molecule has 4 rings (SSSR count). The fourth-order valence-corrected chi connectivity index (χ4v) is 3.15. The number of hydrogen-bond acceptors (Lipinski definition) is 7. The number of hydrogen-bond donors (Lipinski definition) is 2. The van der Waals surface area contributed by atoms with Crippen molar-refractivity contribution in [2.24, 2.45) is 0 Å². The second kappa shape index (κ2) is 9.57. The molecule has 2 aromatic carbocycles. The number of carbonyl (C=O) groups is 2. The summed E-state index contributed by atoms with van der Waals surface area (Å²) in [7, 11) is 1.55. The van der Waals surface area contributed by atoms with Crippen molar-refractivity contribution in [3.05, 3.63) is 84.7 Å². The third-order valence-corrected chi connectivity index (χ3v) is 4.64. The molecule has 8 nitrogen and oxygen atoms in total. The van der Waals surface area contributed by atoms with Crippen LogP contribution in [0.25, 0.3) is 10.9 Å². The fraction of sp³-hybridized carbons (Fsp3) is 0.0833. The minimum Gasteiger partial charge on any atom is -0.495 e. The monoisotopic (exact) mass is 428 g/mol. The van der Waals surface area contributed by atoms with Crippen molar-refractivity contribution < 1.29 is 19.1 Å². The van der Waals surface area contributed by atoms with E-state index in [1.165, 1.54) is 0 Å². The quantitative estimate of drug-likeness (QED) is 0.426. The highest BCUT2D eigenvalue weighted by atomic mass is 16.5. The van der Waals surface area contributed by atoms with Gasteiger partial charge in [0.15, 0.2) is 6.61 Å². The average Bonchev–Trinajstić information content (AvgIpc) is 2.83. The lowest BCUT2D eigenvalue weighted by molar-refractivity contribution is -0.119. The van der Waals surface area contributed by atoms with Crippen LogP contribution in [-0.4, -0.2) is 35.6 Å². The summed E-state index contributed by atoms with van der Waals surface area (Å²) in [5.41, 5.74) is 2.19. The number of esters is 1. The molecule has 0 aliphatic carbocycles. The Morgan fingerprint density at radius 2 is 1.66 bits per heavy atom. The van der Waals surface area contributed by atoms with Crippen LogP contribution in [0.1, 0.15) is 10.4 Å². The minimum absolute atomic E-state index is 0.195. The van der Waals surface area contributed by atoms with Crippen LogP contribution in [0.3, 0.4) is 0 Å². The van der Waals surface area contributed by atoms with E-state index < -0.39 is 18.5 Å². The van der Waals surface area contributed by atoms with Gasteiger partial charge >= 0.3 is 5.97 Å². The van der Waals surface area contributed by atoms with Gasteiger partial charge in [0.2, 0.25) is 0 Å². The van der Waals surface area contributed by atoms with E-state index in [0.29, 0.717) is 22.9 Å². The van der Waals surface area contributed by atoms with E-state index >= 15 is 0 Å². The van der Waals surface area contributed by atoms with Gasteiger partial charge in [0, 0.05) is 17.8 Å². The molecule has 2 heterocycles. The topological polar surface area (TPSA) is 102 Å².